The molecule has 6 heteroatoms. The van der Waals surface area contributed by atoms with Crippen molar-refractivity contribution in [2.75, 3.05) is 19.8 Å². The predicted molar refractivity (Wildman–Crippen MR) is 78.9 cm³/mol. The van der Waals surface area contributed by atoms with E-state index in [9.17, 15) is 4.79 Å². The summed E-state index contributed by atoms with van der Waals surface area (Å²) in [5.74, 6) is -0.0641. The minimum absolute atomic E-state index is 0.0641. The molecule has 1 amide bonds. The van der Waals surface area contributed by atoms with Crippen LogP contribution in [-0.2, 0) is 16.0 Å². The second-order valence-electron chi connectivity index (χ2n) is 4.99. The van der Waals surface area contributed by atoms with Crippen molar-refractivity contribution in [3.05, 3.63) is 35.0 Å². The maximum atomic E-state index is 12.4. The molecule has 1 aromatic heterocycles. The minimum Gasteiger partial charge on any atom is -0.376 e. The van der Waals surface area contributed by atoms with E-state index in [1.165, 1.54) is 0 Å². The predicted octanol–water partition coefficient (Wildman–Crippen LogP) is 2.11. The van der Waals surface area contributed by atoms with Gasteiger partial charge in [0, 0.05) is 28.7 Å². The summed E-state index contributed by atoms with van der Waals surface area (Å²) in [4.78, 5) is 17.2. The fourth-order valence-electron chi connectivity index (χ4n) is 2.57. The summed E-state index contributed by atoms with van der Waals surface area (Å²) in [6, 6.07) is 7.15. The summed E-state index contributed by atoms with van der Waals surface area (Å²) in [5, 5.41) is 10.7. The summed E-state index contributed by atoms with van der Waals surface area (Å²) in [6.45, 7) is 1.21. The lowest BCUT2D eigenvalue weighted by molar-refractivity contribution is -0.136. The fraction of sp³-hybridized carbons (Fsp3) is 0.333. The number of nitrogens with one attached hydrogen (secondary N) is 1. The Morgan fingerprint density at radius 3 is 3.24 bits per heavy atom. The molecule has 0 radical (unpaired) electrons. The number of aromatic amines is 1. The first-order valence-corrected chi connectivity index (χ1v) is 7.09. The third kappa shape index (κ3) is 2.73. The van der Waals surface area contributed by atoms with E-state index < -0.39 is 6.04 Å². The Morgan fingerprint density at radius 1 is 1.57 bits per heavy atom. The average Bonchev–Trinajstić information content (AvgIpc) is 2.89. The van der Waals surface area contributed by atoms with Gasteiger partial charge in [0.05, 0.1) is 25.7 Å². The molecule has 3 rings (SSSR count). The number of carbonyl (C=O) groups excluding carboxylic acids is 1. The molecule has 2 aromatic rings. The molecule has 1 atom stereocenters. The lowest BCUT2D eigenvalue weighted by Crippen LogP contribution is -2.48. The molecule has 1 aliphatic heterocycles. The van der Waals surface area contributed by atoms with Gasteiger partial charge in [0.2, 0.25) is 5.91 Å². The van der Waals surface area contributed by atoms with Crippen LogP contribution in [0.2, 0.25) is 5.02 Å². The van der Waals surface area contributed by atoms with Crippen LogP contribution in [0.1, 0.15) is 5.56 Å². The van der Waals surface area contributed by atoms with E-state index in [4.69, 9.17) is 21.6 Å². The molecule has 1 aliphatic rings. The smallest absolute Gasteiger partial charge is 0.228 e. The van der Waals surface area contributed by atoms with Gasteiger partial charge in [-0.1, -0.05) is 11.6 Å². The van der Waals surface area contributed by atoms with Gasteiger partial charge in [-0.3, -0.25) is 4.79 Å². The highest BCUT2D eigenvalue weighted by Gasteiger charge is 2.27. The number of carbonyl (C=O) groups is 1. The Hall–Kier alpha value is -2.03. The molecule has 5 nitrogen and oxygen atoms in total. The molecule has 0 bridgehead atoms. The second-order valence-corrected chi connectivity index (χ2v) is 5.42. The summed E-state index contributed by atoms with van der Waals surface area (Å²) >= 11 is 6.01. The number of aromatic nitrogens is 1. The zero-order valence-corrected chi connectivity index (χ0v) is 12.1. The van der Waals surface area contributed by atoms with Gasteiger partial charge in [0.15, 0.2) is 0 Å². The van der Waals surface area contributed by atoms with Gasteiger partial charge in [-0.15, -0.1) is 0 Å². The van der Waals surface area contributed by atoms with Gasteiger partial charge < -0.3 is 14.6 Å². The number of hydrogen-bond donors (Lipinski definition) is 1. The Balaban J connectivity index is 1.83. The first-order valence-electron chi connectivity index (χ1n) is 6.71. The number of hydrogen-bond acceptors (Lipinski definition) is 3. The molecule has 1 N–H and O–H groups in total. The number of ether oxygens (including phenoxy) is 1. The van der Waals surface area contributed by atoms with E-state index in [1.807, 2.05) is 18.3 Å². The highest BCUT2D eigenvalue weighted by atomic mass is 35.5. The van der Waals surface area contributed by atoms with Gasteiger partial charge in [-0.25, -0.2) is 0 Å². The second kappa shape index (κ2) is 5.76. The van der Waals surface area contributed by atoms with Crippen LogP contribution in [0.5, 0.6) is 0 Å². The van der Waals surface area contributed by atoms with Crippen molar-refractivity contribution in [1.29, 1.82) is 5.26 Å². The van der Waals surface area contributed by atoms with E-state index >= 15 is 0 Å². The summed E-state index contributed by atoms with van der Waals surface area (Å²) in [7, 11) is 0. The van der Waals surface area contributed by atoms with Crippen LogP contribution < -0.4 is 0 Å². The van der Waals surface area contributed by atoms with Crippen LogP contribution >= 0.6 is 11.6 Å². The third-order valence-corrected chi connectivity index (χ3v) is 3.90. The minimum atomic E-state index is -0.500. The van der Waals surface area contributed by atoms with Crippen molar-refractivity contribution in [2.24, 2.45) is 0 Å². The monoisotopic (exact) mass is 303 g/mol. The third-order valence-electron chi connectivity index (χ3n) is 3.67. The number of benzene rings is 1. The topological polar surface area (TPSA) is 69.1 Å². The first-order chi connectivity index (χ1) is 10.2. The molecule has 1 aromatic carbocycles. The largest absolute Gasteiger partial charge is 0.376 e. The quantitative estimate of drug-likeness (QED) is 0.924. The number of morpholine rings is 1. The van der Waals surface area contributed by atoms with Crippen molar-refractivity contribution in [1.82, 2.24) is 9.88 Å². The van der Waals surface area contributed by atoms with Crippen LogP contribution in [0.15, 0.2) is 24.4 Å². The maximum Gasteiger partial charge on any atom is 0.228 e. The lowest BCUT2D eigenvalue weighted by Gasteiger charge is -2.31. The number of rotatable bonds is 2. The van der Waals surface area contributed by atoms with Crippen molar-refractivity contribution in [3.63, 3.8) is 0 Å². The summed E-state index contributed by atoms with van der Waals surface area (Å²) < 4.78 is 5.23. The normalized spacial score (nSPS) is 18.7. The Kier molecular flexibility index (Phi) is 3.82. The van der Waals surface area contributed by atoms with E-state index in [0.717, 1.165) is 16.5 Å². The summed E-state index contributed by atoms with van der Waals surface area (Å²) in [6.07, 6.45) is 2.07. The van der Waals surface area contributed by atoms with Crippen LogP contribution in [0, 0.1) is 11.3 Å². The van der Waals surface area contributed by atoms with Crippen LogP contribution in [0.25, 0.3) is 10.9 Å². The van der Waals surface area contributed by atoms with E-state index in [0.29, 0.717) is 18.2 Å². The van der Waals surface area contributed by atoms with Crippen molar-refractivity contribution in [2.45, 2.75) is 12.5 Å². The number of fused-ring (bicyclic) bond motifs is 1. The molecule has 108 valence electrons. The Labute approximate surface area is 127 Å². The van der Waals surface area contributed by atoms with Crippen LogP contribution in [0.4, 0.5) is 0 Å². The average molecular weight is 304 g/mol. The Bertz CT molecular complexity index is 719. The van der Waals surface area contributed by atoms with E-state index in [2.05, 4.69) is 11.1 Å². The SMILES string of the molecule is N#C[C@H]1COCCN1C(=O)Cc1c[nH]c2ccc(Cl)cc12. The van der Waals surface area contributed by atoms with Crippen molar-refractivity contribution >= 4 is 28.4 Å². The molecule has 0 saturated carbocycles. The summed E-state index contributed by atoms with van der Waals surface area (Å²) in [5.41, 5.74) is 1.83. The number of H-pyrrole nitrogens is 1. The number of nitrogens with zero attached hydrogens (tertiary/aromatic N) is 2. The number of nitriles is 1. The molecule has 2 heterocycles. The van der Waals surface area contributed by atoms with Gasteiger partial charge in [0.1, 0.15) is 6.04 Å². The van der Waals surface area contributed by atoms with Crippen LogP contribution in [-0.4, -0.2) is 41.6 Å². The van der Waals surface area contributed by atoms with Crippen LogP contribution in [0.3, 0.4) is 0 Å². The van der Waals surface area contributed by atoms with Crippen molar-refractivity contribution in [3.8, 4) is 6.07 Å². The number of halogens is 1. The maximum absolute atomic E-state index is 12.4. The van der Waals surface area contributed by atoms with Gasteiger partial charge in [0.25, 0.3) is 0 Å². The highest BCUT2D eigenvalue weighted by molar-refractivity contribution is 6.31. The molecule has 0 aliphatic carbocycles. The molecule has 1 saturated heterocycles. The molecular weight excluding hydrogens is 290 g/mol. The van der Waals surface area contributed by atoms with E-state index in [1.54, 1.807) is 11.0 Å². The molecular formula is C15H14ClN3O2. The zero-order chi connectivity index (χ0) is 14.8. The van der Waals surface area contributed by atoms with Gasteiger partial charge in [-0.05, 0) is 23.8 Å². The highest BCUT2D eigenvalue weighted by Crippen LogP contribution is 2.23. The Morgan fingerprint density at radius 2 is 2.43 bits per heavy atom. The van der Waals surface area contributed by atoms with Gasteiger partial charge >= 0.3 is 0 Å². The van der Waals surface area contributed by atoms with Gasteiger partial charge in [-0.2, -0.15) is 5.26 Å². The zero-order valence-electron chi connectivity index (χ0n) is 11.3. The lowest BCUT2D eigenvalue weighted by atomic mass is 10.1. The standard InChI is InChI=1S/C15H14ClN3O2/c16-11-1-2-14-13(6-11)10(8-18-14)5-15(20)19-3-4-21-9-12(19)7-17/h1-2,6,8,12,18H,3-5,9H2/t12-/m0/s1. The molecule has 21 heavy (non-hydrogen) atoms. The van der Waals surface area contributed by atoms with Crippen molar-refractivity contribution < 1.29 is 9.53 Å². The van der Waals surface area contributed by atoms with E-state index in [-0.39, 0.29) is 18.9 Å². The molecule has 0 spiro atoms. The number of amides is 1. The first kappa shape index (κ1) is 13.9. The fourth-order valence-corrected chi connectivity index (χ4v) is 2.74. The molecule has 0 unspecified atom stereocenters. The molecule has 1 fully saturated rings.